The van der Waals surface area contributed by atoms with Gasteiger partial charge in [0.2, 0.25) is 0 Å². The smallest absolute Gasteiger partial charge is 0.264 e. The topological polar surface area (TPSA) is 126 Å². The maximum Gasteiger partial charge on any atom is 0.264 e. The Labute approximate surface area is 219 Å². The summed E-state index contributed by atoms with van der Waals surface area (Å²) in [6.07, 6.45) is 2.96. The van der Waals surface area contributed by atoms with Crippen molar-refractivity contribution in [3.63, 3.8) is 0 Å². The number of carbonyl (C=O) groups is 1. The van der Waals surface area contributed by atoms with Crippen LogP contribution in [0.2, 0.25) is 0 Å². The maximum atomic E-state index is 14.6. The molecule has 4 rings (SSSR count). The molecule has 192 valence electrons. The summed E-state index contributed by atoms with van der Waals surface area (Å²) in [6, 6.07) is 13.5. The summed E-state index contributed by atoms with van der Waals surface area (Å²) in [7, 11) is 0. The van der Waals surface area contributed by atoms with Crippen molar-refractivity contribution in [2.75, 3.05) is 25.0 Å². The van der Waals surface area contributed by atoms with Crippen LogP contribution in [-0.2, 0) is 0 Å². The van der Waals surface area contributed by atoms with E-state index in [1.165, 1.54) is 29.7 Å². The molecule has 1 aromatic heterocycles. The van der Waals surface area contributed by atoms with Crippen LogP contribution >= 0.6 is 11.3 Å². The Morgan fingerprint density at radius 2 is 2.08 bits per heavy atom. The van der Waals surface area contributed by atoms with Crippen molar-refractivity contribution in [1.29, 1.82) is 10.7 Å². The lowest BCUT2D eigenvalue weighted by molar-refractivity contribution is 0.0713. The fourth-order valence-electron chi connectivity index (χ4n) is 4.34. The van der Waals surface area contributed by atoms with Gasteiger partial charge in [0.05, 0.1) is 16.0 Å². The quantitative estimate of drug-likeness (QED) is 0.333. The Morgan fingerprint density at radius 1 is 1.32 bits per heavy atom. The fraction of sp³-hybridized carbons (Fsp3) is 0.321. The lowest BCUT2D eigenvalue weighted by Crippen LogP contribution is -2.45. The third-order valence-electron chi connectivity index (χ3n) is 6.27. The number of piperidine rings is 1. The van der Waals surface area contributed by atoms with E-state index in [1.54, 1.807) is 30.9 Å². The van der Waals surface area contributed by atoms with E-state index in [1.807, 2.05) is 24.3 Å². The largest absolute Gasteiger partial charge is 0.389 e. The van der Waals surface area contributed by atoms with E-state index < -0.39 is 11.4 Å². The number of anilines is 1. The zero-order valence-electron chi connectivity index (χ0n) is 20.8. The molecule has 5 N–H and O–H groups in total. The molecule has 2 heterocycles. The van der Waals surface area contributed by atoms with Gasteiger partial charge >= 0.3 is 0 Å². The first-order valence-corrected chi connectivity index (χ1v) is 12.9. The SMILES string of the molecule is CC(C)(O)CNc1ccc(-c2sc(C(=O)N3CCCC(N)C3)cc2-c2ccc(C#N)c(F)c2)cc1C=N. The first kappa shape index (κ1) is 26.5. The number of amides is 1. The van der Waals surface area contributed by atoms with E-state index >= 15 is 0 Å². The molecule has 2 aromatic carbocycles. The molecule has 0 spiro atoms. The molecule has 1 atom stereocenters. The third-order valence-corrected chi connectivity index (χ3v) is 7.44. The van der Waals surface area contributed by atoms with E-state index in [9.17, 15) is 14.3 Å². The van der Waals surface area contributed by atoms with E-state index in [4.69, 9.17) is 16.4 Å². The van der Waals surface area contributed by atoms with Gasteiger partial charge in [-0.1, -0.05) is 12.1 Å². The molecular weight excluding hydrogens is 489 g/mol. The second kappa shape index (κ2) is 10.8. The van der Waals surface area contributed by atoms with Crippen LogP contribution in [-0.4, -0.2) is 53.4 Å². The number of nitriles is 1. The number of nitrogens with zero attached hydrogens (tertiary/aromatic N) is 2. The molecule has 0 bridgehead atoms. The predicted octanol–water partition coefficient (Wildman–Crippen LogP) is 4.84. The van der Waals surface area contributed by atoms with Crippen LogP contribution in [0.4, 0.5) is 10.1 Å². The molecule has 37 heavy (non-hydrogen) atoms. The number of likely N-dealkylation sites (tertiary alicyclic amines) is 1. The molecule has 1 saturated heterocycles. The Hall–Kier alpha value is -3.58. The number of nitrogens with two attached hydrogens (primary N) is 1. The summed E-state index contributed by atoms with van der Waals surface area (Å²) in [5.41, 5.74) is 8.43. The van der Waals surface area contributed by atoms with Crippen LogP contribution in [0.5, 0.6) is 0 Å². The number of rotatable bonds is 7. The Morgan fingerprint density at radius 3 is 2.73 bits per heavy atom. The van der Waals surface area contributed by atoms with Crippen LogP contribution in [0.3, 0.4) is 0 Å². The van der Waals surface area contributed by atoms with Gasteiger partial charge in [-0.05, 0) is 68.1 Å². The van der Waals surface area contributed by atoms with E-state index in [2.05, 4.69) is 5.32 Å². The van der Waals surface area contributed by atoms with Crippen molar-refractivity contribution in [1.82, 2.24) is 4.90 Å². The summed E-state index contributed by atoms with van der Waals surface area (Å²) >= 11 is 1.31. The minimum Gasteiger partial charge on any atom is -0.389 e. The van der Waals surface area contributed by atoms with Gasteiger partial charge in [-0.3, -0.25) is 4.79 Å². The molecule has 0 aliphatic carbocycles. The molecule has 1 amide bonds. The molecule has 1 aliphatic heterocycles. The zero-order chi connectivity index (χ0) is 26.7. The van der Waals surface area contributed by atoms with Crippen molar-refractivity contribution >= 4 is 29.1 Å². The first-order valence-electron chi connectivity index (χ1n) is 12.1. The number of hydrogen-bond donors (Lipinski definition) is 4. The molecule has 0 radical (unpaired) electrons. The predicted molar refractivity (Wildman–Crippen MR) is 146 cm³/mol. The van der Waals surface area contributed by atoms with Crippen molar-refractivity contribution in [2.45, 2.75) is 38.3 Å². The highest BCUT2D eigenvalue weighted by Crippen LogP contribution is 2.41. The molecule has 7 nitrogen and oxygen atoms in total. The first-order chi connectivity index (χ1) is 17.6. The lowest BCUT2D eigenvalue weighted by Gasteiger charge is -2.30. The second-order valence-corrected chi connectivity index (χ2v) is 11.0. The highest BCUT2D eigenvalue weighted by molar-refractivity contribution is 7.18. The van der Waals surface area contributed by atoms with E-state index in [-0.39, 0.29) is 17.5 Å². The lowest BCUT2D eigenvalue weighted by atomic mass is 9.99. The highest BCUT2D eigenvalue weighted by Gasteiger charge is 2.26. The molecular formula is C28H30FN5O2S. The number of benzene rings is 2. The van der Waals surface area contributed by atoms with Crippen LogP contribution < -0.4 is 11.1 Å². The number of thiophene rings is 1. The summed E-state index contributed by atoms with van der Waals surface area (Å²) < 4.78 is 14.6. The number of carbonyl (C=O) groups excluding carboxylic acids is 1. The summed E-state index contributed by atoms with van der Waals surface area (Å²) in [5.74, 6) is -0.740. The van der Waals surface area contributed by atoms with Crippen LogP contribution in [0.15, 0.2) is 42.5 Å². The number of aliphatic hydroxyl groups is 1. The fourth-order valence-corrected chi connectivity index (χ4v) is 5.49. The van der Waals surface area contributed by atoms with Gasteiger partial charge in [0.15, 0.2) is 0 Å². The van der Waals surface area contributed by atoms with Crippen molar-refractivity contribution < 1.29 is 14.3 Å². The minimum atomic E-state index is -0.926. The van der Waals surface area contributed by atoms with Gasteiger partial charge in [0.1, 0.15) is 11.9 Å². The molecule has 0 saturated carbocycles. The van der Waals surface area contributed by atoms with Gasteiger partial charge < -0.3 is 26.5 Å². The Bertz CT molecular complexity index is 1370. The zero-order valence-corrected chi connectivity index (χ0v) is 21.7. The van der Waals surface area contributed by atoms with Crippen molar-refractivity contribution in [2.24, 2.45) is 5.73 Å². The van der Waals surface area contributed by atoms with Crippen LogP contribution in [0, 0.1) is 22.6 Å². The molecule has 1 unspecified atom stereocenters. The van der Waals surface area contributed by atoms with E-state index in [0.29, 0.717) is 46.9 Å². The Balaban J connectivity index is 1.78. The van der Waals surface area contributed by atoms with Gasteiger partial charge in [-0.15, -0.1) is 11.3 Å². The monoisotopic (exact) mass is 519 g/mol. The summed E-state index contributed by atoms with van der Waals surface area (Å²) in [5, 5.41) is 30.3. The van der Waals surface area contributed by atoms with Gasteiger partial charge in [0, 0.05) is 53.6 Å². The number of hydrogen-bond acceptors (Lipinski definition) is 7. The van der Waals surface area contributed by atoms with Gasteiger partial charge in [-0.25, -0.2) is 4.39 Å². The molecule has 9 heteroatoms. The van der Waals surface area contributed by atoms with Gasteiger partial charge in [0.25, 0.3) is 5.91 Å². The normalized spacial score (nSPS) is 15.8. The van der Waals surface area contributed by atoms with Gasteiger partial charge in [-0.2, -0.15) is 5.26 Å². The van der Waals surface area contributed by atoms with Crippen LogP contribution in [0.25, 0.3) is 21.6 Å². The van der Waals surface area contributed by atoms with Crippen LogP contribution in [0.1, 0.15) is 47.5 Å². The average molecular weight is 520 g/mol. The average Bonchev–Trinajstić information content (AvgIpc) is 3.32. The summed E-state index contributed by atoms with van der Waals surface area (Å²) in [6.45, 7) is 4.83. The second-order valence-electron chi connectivity index (χ2n) is 9.93. The molecule has 1 fully saturated rings. The standard InChI is InChI=1S/C28H30FN5O2S/c1-28(2,36)16-33-24-8-7-18(10-20(24)14-31)26-22(17-5-6-19(13-30)23(29)11-17)12-25(37-26)27(35)34-9-3-4-21(32)15-34/h5-8,10-12,14,21,31,33,36H,3-4,9,15-16,32H2,1-2H3. The van der Waals surface area contributed by atoms with E-state index in [0.717, 1.165) is 23.3 Å². The molecule has 3 aromatic rings. The number of halogens is 1. The maximum absolute atomic E-state index is 14.6. The van der Waals surface area contributed by atoms with Crippen molar-refractivity contribution in [3.8, 4) is 27.6 Å². The highest BCUT2D eigenvalue weighted by atomic mass is 32.1. The van der Waals surface area contributed by atoms with Crippen molar-refractivity contribution in [3.05, 3.63) is 64.3 Å². The molecule has 1 aliphatic rings. The minimum absolute atomic E-state index is 0.0486. The third kappa shape index (κ3) is 6.05. The number of nitrogens with one attached hydrogen (secondary N) is 2. The summed E-state index contributed by atoms with van der Waals surface area (Å²) in [4.78, 5) is 16.4. The Kier molecular flexibility index (Phi) is 7.73.